The van der Waals surface area contributed by atoms with Crippen molar-refractivity contribution in [2.45, 2.75) is 0 Å². The molecule has 98 valence electrons. The molecule has 7 heteroatoms. The maximum atomic E-state index is 11.5. The molecule has 0 aliphatic carbocycles. The number of alkyl halides is 2. The summed E-state index contributed by atoms with van der Waals surface area (Å²) in [6.07, 6.45) is 1.06. The van der Waals surface area contributed by atoms with E-state index in [2.05, 4.69) is 9.47 Å². The Labute approximate surface area is 110 Å². The van der Waals surface area contributed by atoms with E-state index in [4.69, 9.17) is 23.2 Å². The van der Waals surface area contributed by atoms with Crippen LogP contribution in [0.4, 0.5) is 0 Å². The fourth-order valence-electron chi connectivity index (χ4n) is 1.11. The van der Waals surface area contributed by atoms with Crippen molar-refractivity contribution >= 4 is 35.1 Å². The number of nitrogens with zero attached hydrogens (tertiary/aromatic N) is 1. The standard InChI is InChI=1S/C10H15Cl2NO4/c1-16-9(14)7-8(10(15)17-2)13(5-3-11)6-4-12/h7H,3-6H2,1-2H3/b8-7-. The highest BCUT2D eigenvalue weighted by Gasteiger charge is 2.19. The van der Waals surface area contributed by atoms with Gasteiger partial charge in [0.25, 0.3) is 0 Å². The molecular formula is C10H15Cl2NO4. The lowest BCUT2D eigenvalue weighted by molar-refractivity contribution is -0.140. The van der Waals surface area contributed by atoms with E-state index >= 15 is 0 Å². The SMILES string of the molecule is COC(=O)/C=C(/C(=O)OC)N(CCCl)CCCl. The lowest BCUT2D eigenvalue weighted by Crippen LogP contribution is -2.32. The fourth-order valence-corrected chi connectivity index (χ4v) is 1.52. The summed E-state index contributed by atoms with van der Waals surface area (Å²) in [4.78, 5) is 24.3. The average molecular weight is 284 g/mol. The Balaban J connectivity index is 5.03. The Morgan fingerprint density at radius 1 is 1.12 bits per heavy atom. The largest absolute Gasteiger partial charge is 0.466 e. The van der Waals surface area contributed by atoms with Crippen molar-refractivity contribution in [2.75, 3.05) is 39.1 Å². The Kier molecular flexibility index (Phi) is 8.62. The molecule has 0 amide bonds. The van der Waals surface area contributed by atoms with Crippen LogP contribution in [-0.2, 0) is 19.1 Å². The van der Waals surface area contributed by atoms with Gasteiger partial charge >= 0.3 is 11.9 Å². The van der Waals surface area contributed by atoms with Gasteiger partial charge in [0.15, 0.2) is 0 Å². The Bertz CT molecular complexity index is 288. The van der Waals surface area contributed by atoms with Crippen LogP contribution in [0.3, 0.4) is 0 Å². The molecule has 0 aliphatic rings. The van der Waals surface area contributed by atoms with Crippen LogP contribution >= 0.6 is 23.2 Å². The van der Waals surface area contributed by atoms with Gasteiger partial charge in [-0.2, -0.15) is 0 Å². The molecule has 0 aromatic carbocycles. The van der Waals surface area contributed by atoms with Gasteiger partial charge < -0.3 is 14.4 Å². The summed E-state index contributed by atoms with van der Waals surface area (Å²) in [5, 5.41) is 0. The van der Waals surface area contributed by atoms with Gasteiger partial charge in [0, 0.05) is 24.8 Å². The third-order valence-electron chi connectivity index (χ3n) is 1.90. The number of hydrogen-bond donors (Lipinski definition) is 0. The number of halogens is 2. The predicted octanol–water partition coefficient (Wildman–Crippen LogP) is 0.996. The minimum Gasteiger partial charge on any atom is -0.466 e. The molecule has 0 unspecified atom stereocenters. The normalized spacial score (nSPS) is 10.9. The highest BCUT2D eigenvalue weighted by molar-refractivity contribution is 6.18. The van der Waals surface area contributed by atoms with E-state index in [0.717, 1.165) is 6.08 Å². The Hall–Kier alpha value is -0.940. The highest BCUT2D eigenvalue weighted by Crippen LogP contribution is 2.08. The second-order valence-electron chi connectivity index (χ2n) is 2.91. The molecule has 0 rings (SSSR count). The van der Waals surface area contributed by atoms with Gasteiger partial charge in [0.2, 0.25) is 0 Å². The molecule has 0 fully saturated rings. The van der Waals surface area contributed by atoms with Crippen molar-refractivity contribution in [3.63, 3.8) is 0 Å². The van der Waals surface area contributed by atoms with E-state index in [1.54, 1.807) is 4.90 Å². The summed E-state index contributed by atoms with van der Waals surface area (Å²) in [5.41, 5.74) is 0.0839. The van der Waals surface area contributed by atoms with Gasteiger partial charge in [0.1, 0.15) is 5.70 Å². The summed E-state index contributed by atoms with van der Waals surface area (Å²) in [7, 11) is 2.45. The van der Waals surface area contributed by atoms with E-state index in [1.807, 2.05) is 0 Å². The number of ether oxygens (including phenoxy) is 2. The van der Waals surface area contributed by atoms with Crippen molar-refractivity contribution in [3.8, 4) is 0 Å². The Morgan fingerprint density at radius 2 is 1.65 bits per heavy atom. The van der Waals surface area contributed by atoms with Crippen LogP contribution in [-0.4, -0.2) is 55.9 Å². The van der Waals surface area contributed by atoms with Gasteiger partial charge in [0.05, 0.1) is 20.3 Å². The summed E-state index contributed by atoms with van der Waals surface area (Å²) in [6, 6.07) is 0. The zero-order chi connectivity index (χ0) is 13.3. The number of hydrogen-bond acceptors (Lipinski definition) is 5. The van der Waals surface area contributed by atoms with Gasteiger partial charge in [-0.05, 0) is 0 Å². The maximum absolute atomic E-state index is 11.5. The molecular weight excluding hydrogens is 269 g/mol. The lowest BCUT2D eigenvalue weighted by atomic mass is 10.3. The summed E-state index contributed by atoms with van der Waals surface area (Å²) >= 11 is 11.2. The van der Waals surface area contributed by atoms with Gasteiger partial charge in [-0.15, -0.1) is 23.2 Å². The zero-order valence-electron chi connectivity index (χ0n) is 9.74. The van der Waals surface area contributed by atoms with Crippen LogP contribution in [0.25, 0.3) is 0 Å². The second kappa shape index (κ2) is 9.13. The molecule has 0 heterocycles. The van der Waals surface area contributed by atoms with Crippen molar-refractivity contribution in [1.29, 1.82) is 0 Å². The predicted molar refractivity (Wildman–Crippen MR) is 65.1 cm³/mol. The first-order chi connectivity index (χ1) is 8.10. The van der Waals surface area contributed by atoms with Crippen LogP contribution in [0, 0.1) is 0 Å². The highest BCUT2D eigenvalue weighted by atomic mass is 35.5. The van der Waals surface area contributed by atoms with Crippen molar-refractivity contribution in [1.82, 2.24) is 4.90 Å². The van der Waals surface area contributed by atoms with Crippen molar-refractivity contribution < 1.29 is 19.1 Å². The molecule has 0 aromatic heterocycles. The first-order valence-electron chi connectivity index (χ1n) is 4.85. The first kappa shape index (κ1) is 16.1. The van der Waals surface area contributed by atoms with Crippen molar-refractivity contribution in [2.24, 2.45) is 0 Å². The van der Waals surface area contributed by atoms with E-state index in [0.29, 0.717) is 24.8 Å². The second-order valence-corrected chi connectivity index (χ2v) is 3.67. The molecule has 0 atom stereocenters. The summed E-state index contributed by atoms with van der Waals surface area (Å²) in [5.74, 6) is -0.677. The van der Waals surface area contributed by atoms with Crippen LogP contribution in [0.2, 0.25) is 0 Å². The average Bonchev–Trinajstić information content (AvgIpc) is 2.34. The van der Waals surface area contributed by atoms with E-state index in [9.17, 15) is 9.59 Å². The maximum Gasteiger partial charge on any atom is 0.354 e. The number of rotatable bonds is 7. The number of carbonyl (C=O) groups is 2. The van der Waals surface area contributed by atoms with E-state index in [-0.39, 0.29) is 5.70 Å². The van der Waals surface area contributed by atoms with Crippen LogP contribution in [0.1, 0.15) is 0 Å². The van der Waals surface area contributed by atoms with Crippen LogP contribution < -0.4 is 0 Å². The van der Waals surface area contributed by atoms with Gasteiger partial charge in [-0.3, -0.25) is 0 Å². The number of methoxy groups -OCH3 is 2. The molecule has 0 N–H and O–H groups in total. The summed E-state index contributed by atoms with van der Waals surface area (Å²) < 4.78 is 9.05. The molecule has 5 nitrogen and oxygen atoms in total. The number of carbonyl (C=O) groups excluding carboxylic acids is 2. The summed E-state index contributed by atoms with van der Waals surface area (Å²) in [6.45, 7) is 0.762. The third kappa shape index (κ3) is 5.79. The third-order valence-corrected chi connectivity index (χ3v) is 2.24. The zero-order valence-corrected chi connectivity index (χ0v) is 11.3. The van der Waals surface area contributed by atoms with Crippen LogP contribution in [0.5, 0.6) is 0 Å². The molecule has 0 saturated heterocycles. The van der Waals surface area contributed by atoms with E-state index in [1.165, 1.54) is 14.2 Å². The number of esters is 2. The molecule has 0 saturated carbocycles. The monoisotopic (exact) mass is 283 g/mol. The topological polar surface area (TPSA) is 55.8 Å². The Morgan fingerprint density at radius 3 is 2.00 bits per heavy atom. The fraction of sp³-hybridized carbons (Fsp3) is 0.600. The van der Waals surface area contributed by atoms with Crippen LogP contribution in [0.15, 0.2) is 11.8 Å². The molecule has 0 aliphatic heterocycles. The lowest BCUT2D eigenvalue weighted by Gasteiger charge is -2.23. The van der Waals surface area contributed by atoms with Crippen molar-refractivity contribution in [3.05, 3.63) is 11.8 Å². The molecule has 0 radical (unpaired) electrons. The molecule has 0 bridgehead atoms. The molecule has 0 aromatic rings. The molecule has 0 spiro atoms. The minimum atomic E-state index is -0.639. The smallest absolute Gasteiger partial charge is 0.354 e. The minimum absolute atomic E-state index is 0.0839. The quantitative estimate of drug-likeness (QED) is 0.396. The van der Waals surface area contributed by atoms with E-state index < -0.39 is 11.9 Å². The van der Waals surface area contributed by atoms with Gasteiger partial charge in [-0.25, -0.2) is 9.59 Å². The molecule has 17 heavy (non-hydrogen) atoms. The first-order valence-corrected chi connectivity index (χ1v) is 5.92. The van der Waals surface area contributed by atoms with Gasteiger partial charge in [-0.1, -0.05) is 0 Å².